The Labute approximate surface area is 131 Å². The van der Waals surface area contributed by atoms with Crippen LogP contribution in [-0.2, 0) is 16.6 Å². The standard InChI is InChI=1S/C15H24N2O2S2/c1-14(2)11-4-5-15(3,7-11)13(14)17-21(18,19)12-6-10(8-16)9-20-12/h6,9,11,13,17H,4-5,7-8,16H2,1-3H3. The van der Waals surface area contributed by atoms with E-state index in [0.29, 0.717) is 16.7 Å². The van der Waals surface area contributed by atoms with Gasteiger partial charge in [0.25, 0.3) is 0 Å². The summed E-state index contributed by atoms with van der Waals surface area (Å²) in [6, 6.07) is 1.70. The molecule has 118 valence electrons. The van der Waals surface area contributed by atoms with E-state index in [1.54, 1.807) is 6.07 Å². The Morgan fingerprint density at radius 1 is 1.43 bits per heavy atom. The van der Waals surface area contributed by atoms with Gasteiger partial charge in [-0.15, -0.1) is 11.3 Å². The maximum absolute atomic E-state index is 12.7. The molecule has 6 heteroatoms. The Bertz CT molecular complexity index is 646. The SMILES string of the molecule is CC12CCC(C1)C(C)(C)C2NS(=O)(=O)c1cc(CN)cs1. The maximum Gasteiger partial charge on any atom is 0.250 e. The molecule has 2 aliphatic carbocycles. The fourth-order valence-corrected chi connectivity index (χ4v) is 7.18. The first-order valence-corrected chi connectivity index (χ1v) is 9.85. The normalized spacial score (nSPS) is 34.5. The number of hydrogen-bond donors (Lipinski definition) is 2. The van der Waals surface area contributed by atoms with Crippen molar-refractivity contribution in [2.75, 3.05) is 0 Å². The van der Waals surface area contributed by atoms with Crippen LogP contribution < -0.4 is 10.5 Å². The Balaban J connectivity index is 1.89. The summed E-state index contributed by atoms with van der Waals surface area (Å²) in [6.45, 7) is 7.01. The van der Waals surface area contributed by atoms with Crippen molar-refractivity contribution >= 4 is 21.4 Å². The lowest BCUT2D eigenvalue weighted by atomic mass is 9.69. The van der Waals surface area contributed by atoms with Crippen LogP contribution in [0.25, 0.3) is 0 Å². The van der Waals surface area contributed by atoms with Crippen LogP contribution >= 0.6 is 11.3 Å². The van der Waals surface area contributed by atoms with Crippen LogP contribution in [0.4, 0.5) is 0 Å². The smallest absolute Gasteiger partial charge is 0.250 e. The van der Waals surface area contributed by atoms with Gasteiger partial charge in [0, 0.05) is 12.6 Å². The summed E-state index contributed by atoms with van der Waals surface area (Å²) in [4.78, 5) is 0. The molecule has 4 nitrogen and oxygen atoms in total. The van der Waals surface area contributed by atoms with Gasteiger partial charge in [-0.25, -0.2) is 13.1 Å². The van der Waals surface area contributed by atoms with Crippen molar-refractivity contribution in [3.63, 3.8) is 0 Å². The fraction of sp³-hybridized carbons (Fsp3) is 0.733. The largest absolute Gasteiger partial charge is 0.326 e. The van der Waals surface area contributed by atoms with Crippen LogP contribution in [-0.4, -0.2) is 14.5 Å². The molecule has 2 bridgehead atoms. The monoisotopic (exact) mass is 328 g/mol. The third-order valence-corrected chi connectivity index (χ3v) is 8.58. The van der Waals surface area contributed by atoms with E-state index < -0.39 is 10.0 Å². The molecule has 1 aromatic rings. The molecule has 1 heterocycles. The number of fused-ring (bicyclic) bond motifs is 2. The fourth-order valence-electron chi connectivity index (χ4n) is 4.41. The number of thiophene rings is 1. The van der Waals surface area contributed by atoms with Crippen molar-refractivity contribution in [3.05, 3.63) is 17.0 Å². The molecular weight excluding hydrogens is 304 g/mol. The van der Waals surface area contributed by atoms with Crippen LogP contribution in [0.1, 0.15) is 45.6 Å². The van der Waals surface area contributed by atoms with Gasteiger partial charge in [0.2, 0.25) is 10.0 Å². The quantitative estimate of drug-likeness (QED) is 0.892. The molecule has 0 radical (unpaired) electrons. The first-order valence-electron chi connectivity index (χ1n) is 7.49. The van der Waals surface area contributed by atoms with Crippen LogP contribution in [0.5, 0.6) is 0 Å². The van der Waals surface area contributed by atoms with Gasteiger partial charge in [-0.2, -0.15) is 0 Å². The minimum atomic E-state index is -3.45. The van der Waals surface area contributed by atoms with E-state index >= 15 is 0 Å². The third-order valence-electron chi connectivity index (χ3n) is 5.67. The number of rotatable bonds is 4. The minimum absolute atomic E-state index is 0.0113. The van der Waals surface area contributed by atoms with E-state index in [0.717, 1.165) is 18.4 Å². The molecule has 3 N–H and O–H groups in total. The molecule has 0 spiro atoms. The summed E-state index contributed by atoms with van der Waals surface area (Å²) in [7, 11) is -3.45. The van der Waals surface area contributed by atoms with Crippen LogP contribution in [0.15, 0.2) is 15.7 Å². The summed E-state index contributed by atoms with van der Waals surface area (Å²) >= 11 is 1.25. The Morgan fingerprint density at radius 3 is 2.67 bits per heavy atom. The highest BCUT2D eigenvalue weighted by Crippen LogP contribution is 2.62. The lowest BCUT2D eigenvalue weighted by Crippen LogP contribution is -2.52. The zero-order chi connectivity index (χ0) is 15.5. The first-order chi connectivity index (χ1) is 9.69. The van der Waals surface area contributed by atoms with Gasteiger partial charge >= 0.3 is 0 Å². The summed E-state index contributed by atoms with van der Waals surface area (Å²) in [6.07, 6.45) is 3.47. The molecule has 2 fully saturated rings. The highest BCUT2D eigenvalue weighted by molar-refractivity contribution is 7.91. The summed E-state index contributed by atoms with van der Waals surface area (Å²) in [5.74, 6) is 0.623. The van der Waals surface area contributed by atoms with Crippen LogP contribution in [0.3, 0.4) is 0 Å². The Hall–Kier alpha value is -0.430. The summed E-state index contributed by atoms with van der Waals surface area (Å²) < 4.78 is 28.8. The van der Waals surface area contributed by atoms with Gasteiger partial charge < -0.3 is 5.73 Å². The Kier molecular flexibility index (Phi) is 3.52. The highest BCUT2D eigenvalue weighted by Gasteiger charge is 2.60. The van der Waals surface area contributed by atoms with Gasteiger partial charge in [-0.05, 0) is 53.0 Å². The highest BCUT2D eigenvalue weighted by atomic mass is 32.2. The second kappa shape index (κ2) is 4.78. The van der Waals surface area contributed by atoms with Crippen molar-refractivity contribution in [2.24, 2.45) is 22.5 Å². The first kappa shape index (κ1) is 15.5. The lowest BCUT2D eigenvalue weighted by molar-refractivity contribution is 0.127. The van der Waals surface area contributed by atoms with Crippen molar-refractivity contribution in [1.29, 1.82) is 0 Å². The number of nitrogens with two attached hydrogens (primary N) is 1. The third kappa shape index (κ3) is 2.36. The van der Waals surface area contributed by atoms with E-state index in [-0.39, 0.29) is 16.9 Å². The predicted octanol–water partition coefficient (Wildman–Crippen LogP) is 2.70. The van der Waals surface area contributed by atoms with Crippen molar-refractivity contribution in [1.82, 2.24) is 4.72 Å². The summed E-state index contributed by atoms with van der Waals surface area (Å²) in [5.41, 5.74) is 6.56. The van der Waals surface area contributed by atoms with Gasteiger partial charge in [-0.1, -0.05) is 20.8 Å². The van der Waals surface area contributed by atoms with Crippen molar-refractivity contribution < 1.29 is 8.42 Å². The molecule has 3 unspecified atom stereocenters. The van der Waals surface area contributed by atoms with Crippen molar-refractivity contribution in [2.45, 2.75) is 56.8 Å². The van der Waals surface area contributed by atoms with Crippen LogP contribution in [0, 0.1) is 16.7 Å². The topological polar surface area (TPSA) is 72.2 Å². The molecule has 0 amide bonds. The van der Waals surface area contributed by atoms with E-state index in [1.165, 1.54) is 17.8 Å². The molecule has 0 saturated heterocycles. The maximum atomic E-state index is 12.7. The van der Waals surface area contributed by atoms with Crippen LogP contribution in [0.2, 0.25) is 0 Å². The molecule has 3 atom stereocenters. The molecular formula is C15H24N2O2S2. The number of sulfonamides is 1. The summed E-state index contributed by atoms with van der Waals surface area (Å²) in [5, 5.41) is 1.82. The zero-order valence-corrected chi connectivity index (χ0v) is 14.5. The molecule has 1 aromatic heterocycles. The predicted molar refractivity (Wildman–Crippen MR) is 85.5 cm³/mol. The molecule has 3 rings (SSSR count). The number of nitrogens with one attached hydrogen (secondary N) is 1. The Morgan fingerprint density at radius 2 is 2.14 bits per heavy atom. The lowest BCUT2D eigenvalue weighted by Gasteiger charge is -2.42. The van der Waals surface area contributed by atoms with Gasteiger partial charge in [0.1, 0.15) is 4.21 Å². The zero-order valence-electron chi connectivity index (χ0n) is 12.8. The van der Waals surface area contributed by atoms with E-state index in [9.17, 15) is 8.42 Å². The average molecular weight is 329 g/mol. The van der Waals surface area contributed by atoms with Crippen molar-refractivity contribution in [3.8, 4) is 0 Å². The molecule has 2 aliphatic rings. The minimum Gasteiger partial charge on any atom is -0.326 e. The second-order valence-corrected chi connectivity index (χ2v) is 10.3. The van der Waals surface area contributed by atoms with Gasteiger partial charge in [0.15, 0.2) is 0 Å². The molecule has 21 heavy (non-hydrogen) atoms. The van der Waals surface area contributed by atoms with Gasteiger partial charge in [0.05, 0.1) is 0 Å². The number of hydrogen-bond acceptors (Lipinski definition) is 4. The van der Waals surface area contributed by atoms with E-state index in [2.05, 4.69) is 25.5 Å². The molecule has 2 saturated carbocycles. The molecule has 0 aliphatic heterocycles. The van der Waals surface area contributed by atoms with E-state index in [4.69, 9.17) is 5.73 Å². The van der Waals surface area contributed by atoms with Gasteiger partial charge in [-0.3, -0.25) is 0 Å². The van der Waals surface area contributed by atoms with E-state index in [1.807, 2.05) is 5.38 Å². The molecule has 0 aromatic carbocycles. The average Bonchev–Trinajstić information content (AvgIpc) is 3.06. The second-order valence-electron chi connectivity index (χ2n) is 7.45.